The third kappa shape index (κ3) is 3.81. The number of halogens is 1. The highest BCUT2D eigenvalue weighted by Gasteiger charge is 2.30. The average Bonchev–Trinajstić information content (AvgIpc) is 1.97. The van der Waals surface area contributed by atoms with Crippen molar-refractivity contribution in [3.05, 3.63) is 0 Å². The van der Waals surface area contributed by atoms with E-state index in [0.717, 1.165) is 6.42 Å². The van der Waals surface area contributed by atoms with Crippen LogP contribution in [0.2, 0.25) is 0 Å². The van der Waals surface area contributed by atoms with Gasteiger partial charge in [0.15, 0.2) is 12.0 Å². The van der Waals surface area contributed by atoms with E-state index in [2.05, 4.69) is 0 Å². The monoisotopic (exact) mass is 176 g/mol. The fourth-order valence-corrected chi connectivity index (χ4v) is 0.898. The Morgan fingerprint density at radius 2 is 2.08 bits per heavy atom. The van der Waals surface area contributed by atoms with Crippen molar-refractivity contribution in [1.82, 2.24) is 0 Å². The molecule has 0 saturated carbocycles. The summed E-state index contributed by atoms with van der Waals surface area (Å²) in [6.07, 6.45) is 0.256. The number of hydrogen-bond donors (Lipinski definition) is 1. The molecule has 1 unspecified atom stereocenters. The first-order chi connectivity index (χ1) is 5.39. The number of ketones is 1. The van der Waals surface area contributed by atoms with E-state index in [4.69, 9.17) is 5.11 Å². The second-order valence-corrected chi connectivity index (χ2v) is 3.53. The van der Waals surface area contributed by atoms with E-state index in [1.807, 2.05) is 6.92 Å². The molecule has 0 aromatic carbocycles. The van der Waals surface area contributed by atoms with Gasteiger partial charge in [-0.1, -0.05) is 19.8 Å². The van der Waals surface area contributed by atoms with Crippen LogP contribution in [0.15, 0.2) is 0 Å². The zero-order chi connectivity index (χ0) is 9.78. The predicted molar refractivity (Wildman–Crippen MR) is 45.7 cm³/mol. The number of hydrogen-bond acceptors (Lipinski definition) is 2. The Bertz CT molecular complexity index is 149. The smallest absolute Gasteiger partial charge is 0.197 e. The number of rotatable bonds is 5. The van der Waals surface area contributed by atoms with Crippen LogP contribution in [-0.2, 0) is 4.79 Å². The predicted octanol–water partition coefficient (Wildman–Crippen LogP) is 1.85. The summed E-state index contributed by atoms with van der Waals surface area (Å²) in [5.41, 5.74) is -1.53. The number of carbonyl (C=O) groups excluding carboxylic acids is 1. The molecule has 0 aromatic heterocycles. The van der Waals surface area contributed by atoms with Crippen LogP contribution in [0.5, 0.6) is 0 Å². The lowest BCUT2D eigenvalue weighted by Gasteiger charge is -2.17. The Morgan fingerprint density at radius 3 is 2.42 bits per heavy atom. The molecule has 0 aliphatic rings. The normalized spacial score (nSPS) is 14.4. The second-order valence-electron chi connectivity index (χ2n) is 3.53. The Morgan fingerprint density at radius 1 is 1.58 bits per heavy atom. The minimum atomic E-state index is -1.53. The largest absolute Gasteiger partial charge is 0.383 e. The van der Waals surface area contributed by atoms with Crippen LogP contribution in [0, 0.1) is 0 Å². The van der Waals surface area contributed by atoms with Gasteiger partial charge in [0.2, 0.25) is 0 Å². The van der Waals surface area contributed by atoms with Gasteiger partial charge in [-0.25, -0.2) is 4.39 Å². The van der Waals surface area contributed by atoms with Gasteiger partial charge in [-0.2, -0.15) is 0 Å². The Balaban J connectivity index is 3.94. The van der Waals surface area contributed by atoms with Crippen LogP contribution in [0.25, 0.3) is 0 Å². The van der Waals surface area contributed by atoms with Gasteiger partial charge in [0, 0.05) is 0 Å². The lowest BCUT2D eigenvalue weighted by molar-refractivity contribution is -0.139. The molecule has 0 spiro atoms. The zero-order valence-electron chi connectivity index (χ0n) is 7.93. The molecule has 72 valence electrons. The van der Waals surface area contributed by atoms with Gasteiger partial charge in [-0.3, -0.25) is 4.79 Å². The van der Waals surface area contributed by atoms with Gasteiger partial charge < -0.3 is 5.11 Å². The molecule has 2 nitrogen and oxygen atoms in total. The number of carbonyl (C=O) groups is 1. The molecule has 0 heterocycles. The molecule has 12 heavy (non-hydrogen) atoms. The van der Waals surface area contributed by atoms with Gasteiger partial charge >= 0.3 is 0 Å². The van der Waals surface area contributed by atoms with Crippen LogP contribution >= 0.6 is 0 Å². The first-order valence-electron chi connectivity index (χ1n) is 4.30. The fourth-order valence-electron chi connectivity index (χ4n) is 0.898. The first kappa shape index (κ1) is 11.6. The lowest BCUT2D eigenvalue weighted by atomic mass is 9.97. The van der Waals surface area contributed by atoms with Crippen molar-refractivity contribution in [1.29, 1.82) is 0 Å². The maximum absolute atomic E-state index is 13.0. The quantitative estimate of drug-likeness (QED) is 0.694. The van der Waals surface area contributed by atoms with Crippen LogP contribution in [0.1, 0.15) is 40.0 Å². The SMILES string of the molecule is CCCCC(F)C(=O)C(C)(C)O. The van der Waals surface area contributed by atoms with Crippen LogP contribution < -0.4 is 0 Å². The average molecular weight is 176 g/mol. The molecule has 0 aliphatic carbocycles. The summed E-state index contributed by atoms with van der Waals surface area (Å²) in [5.74, 6) is -0.712. The van der Waals surface area contributed by atoms with E-state index in [9.17, 15) is 9.18 Å². The van der Waals surface area contributed by atoms with E-state index >= 15 is 0 Å². The highest BCUT2D eigenvalue weighted by atomic mass is 19.1. The standard InChI is InChI=1S/C9H17FO2/c1-4-5-6-7(10)8(11)9(2,3)12/h7,12H,4-6H2,1-3H3. The molecule has 0 radical (unpaired) electrons. The molecule has 0 bridgehead atoms. The second kappa shape index (κ2) is 4.55. The lowest BCUT2D eigenvalue weighted by Crippen LogP contribution is -2.37. The molecule has 0 amide bonds. The van der Waals surface area contributed by atoms with E-state index in [-0.39, 0.29) is 6.42 Å². The molecule has 0 fully saturated rings. The Kier molecular flexibility index (Phi) is 4.39. The molecule has 0 aromatic rings. The van der Waals surface area contributed by atoms with Crippen molar-refractivity contribution in [2.45, 2.75) is 51.8 Å². The number of Topliss-reactive ketones (excluding diaryl/α,β-unsaturated/α-hetero) is 1. The van der Waals surface area contributed by atoms with Crippen LogP contribution in [0.3, 0.4) is 0 Å². The van der Waals surface area contributed by atoms with E-state index in [0.29, 0.717) is 6.42 Å². The van der Waals surface area contributed by atoms with E-state index in [1.165, 1.54) is 13.8 Å². The maximum atomic E-state index is 13.0. The minimum Gasteiger partial charge on any atom is -0.383 e. The molecule has 3 heteroatoms. The Hall–Kier alpha value is -0.440. The van der Waals surface area contributed by atoms with Crippen molar-refractivity contribution < 1.29 is 14.3 Å². The number of aliphatic hydroxyl groups is 1. The van der Waals surface area contributed by atoms with Gasteiger partial charge in [0.05, 0.1) is 0 Å². The topological polar surface area (TPSA) is 37.3 Å². The Labute approximate surface area is 72.8 Å². The molecule has 0 rings (SSSR count). The molecule has 1 N–H and O–H groups in total. The van der Waals surface area contributed by atoms with Gasteiger partial charge in [0.25, 0.3) is 0 Å². The van der Waals surface area contributed by atoms with Crippen molar-refractivity contribution in [2.75, 3.05) is 0 Å². The summed E-state index contributed by atoms with van der Waals surface area (Å²) in [7, 11) is 0. The zero-order valence-corrected chi connectivity index (χ0v) is 7.93. The summed E-state index contributed by atoms with van der Waals surface area (Å²) in [6.45, 7) is 4.56. The van der Waals surface area contributed by atoms with Crippen LogP contribution in [-0.4, -0.2) is 22.7 Å². The highest BCUT2D eigenvalue weighted by molar-refractivity contribution is 5.90. The molecule has 1 atom stereocenters. The van der Waals surface area contributed by atoms with Gasteiger partial charge in [0.1, 0.15) is 5.60 Å². The molecular formula is C9H17FO2. The number of unbranched alkanes of at least 4 members (excludes halogenated alkanes) is 1. The highest BCUT2D eigenvalue weighted by Crippen LogP contribution is 2.13. The van der Waals surface area contributed by atoms with Crippen molar-refractivity contribution in [3.63, 3.8) is 0 Å². The summed E-state index contributed by atoms with van der Waals surface area (Å²) >= 11 is 0. The third-order valence-electron chi connectivity index (χ3n) is 1.70. The fraction of sp³-hybridized carbons (Fsp3) is 0.889. The number of alkyl halides is 1. The minimum absolute atomic E-state index is 0.222. The molecule has 0 aliphatic heterocycles. The first-order valence-corrected chi connectivity index (χ1v) is 4.30. The van der Waals surface area contributed by atoms with Crippen molar-refractivity contribution >= 4 is 5.78 Å². The van der Waals surface area contributed by atoms with Crippen molar-refractivity contribution in [3.8, 4) is 0 Å². The van der Waals surface area contributed by atoms with Crippen molar-refractivity contribution in [2.24, 2.45) is 0 Å². The summed E-state index contributed by atoms with van der Waals surface area (Å²) in [6, 6.07) is 0. The van der Waals surface area contributed by atoms with Gasteiger partial charge in [-0.05, 0) is 20.3 Å². The summed E-state index contributed by atoms with van der Waals surface area (Å²) < 4.78 is 13.0. The van der Waals surface area contributed by atoms with E-state index in [1.54, 1.807) is 0 Å². The molecule has 0 saturated heterocycles. The van der Waals surface area contributed by atoms with Crippen LogP contribution in [0.4, 0.5) is 4.39 Å². The summed E-state index contributed by atoms with van der Waals surface area (Å²) in [4.78, 5) is 11.0. The molecular weight excluding hydrogens is 159 g/mol. The van der Waals surface area contributed by atoms with Gasteiger partial charge in [-0.15, -0.1) is 0 Å². The van der Waals surface area contributed by atoms with E-state index < -0.39 is 17.6 Å². The maximum Gasteiger partial charge on any atom is 0.197 e. The summed E-state index contributed by atoms with van der Waals surface area (Å²) in [5, 5.41) is 9.17. The third-order valence-corrected chi connectivity index (χ3v) is 1.70.